The summed E-state index contributed by atoms with van der Waals surface area (Å²) in [5.41, 5.74) is 0. The van der Waals surface area contributed by atoms with Gasteiger partial charge in [-0.2, -0.15) is 21.9 Å². The number of nitrogens with zero attached hydrogens (tertiary/aromatic N) is 2. The fourth-order valence-electron chi connectivity index (χ4n) is 0.556. The first-order chi connectivity index (χ1) is 5.34. The van der Waals surface area contributed by atoms with Crippen molar-refractivity contribution in [3.8, 4) is 0 Å². The van der Waals surface area contributed by atoms with E-state index >= 15 is 0 Å². The number of rotatable bonds is 1. The number of hydrazone groups is 1. The van der Waals surface area contributed by atoms with Gasteiger partial charge < -0.3 is 0 Å². The van der Waals surface area contributed by atoms with Crippen molar-refractivity contribution in [1.82, 2.24) is 3.82 Å². The molecule has 0 bridgehead atoms. The maximum absolute atomic E-state index is 10.9. The minimum absolute atomic E-state index is 0.153. The Morgan fingerprint density at radius 1 is 1.42 bits per heavy atom. The Morgan fingerprint density at radius 3 is 2.33 bits per heavy atom. The molecule has 1 aliphatic heterocycles. The predicted molar refractivity (Wildman–Crippen MR) is 41.5 cm³/mol. The van der Waals surface area contributed by atoms with Gasteiger partial charge in [0.1, 0.15) is 0 Å². The summed E-state index contributed by atoms with van der Waals surface area (Å²) in [5.74, 6) is 0. The number of allylic oxidation sites excluding steroid dienone is 1. The van der Waals surface area contributed by atoms with Crippen LogP contribution in [0.2, 0.25) is 0 Å². The SMILES string of the molecule is NS(=O)(=O)N1N=CC=CS1(=O)=O. The summed E-state index contributed by atoms with van der Waals surface area (Å²) in [6, 6.07) is 0. The largest absolute Gasteiger partial charge is 0.328 e. The minimum Gasteiger partial charge on any atom is -0.209 e. The number of hydrogen-bond donors (Lipinski definition) is 1. The Morgan fingerprint density at radius 2 is 2.00 bits per heavy atom. The molecular formula is C3H5N3O4S2. The van der Waals surface area contributed by atoms with Crippen LogP contribution in [0.5, 0.6) is 0 Å². The first-order valence-electron chi connectivity index (χ1n) is 2.63. The van der Waals surface area contributed by atoms with Crippen LogP contribution in [-0.4, -0.2) is 26.9 Å². The Kier molecular flexibility index (Phi) is 1.94. The van der Waals surface area contributed by atoms with E-state index in [0.29, 0.717) is 5.41 Å². The second-order valence-corrected chi connectivity index (χ2v) is 5.12. The Labute approximate surface area is 69.4 Å². The van der Waals surface area contributed by atoms with Gasteiger partial charge in [-0.1, -0.05) is 3.82 Å². The van der Waals surface area contributed by atoms with E-state index in [2.05, 4.69) is 10.2 Å². The molecule has 0 saturated carbocycles. The molecule has 12 heavy (non-hydrogen) atoms. The van der Waals surface area contributed by atoms with Crippen LogP contribution in [0, 0.1) is 0 Å². The topological polar surface area (TPSA) is 110 Å². The van der Waals surface area contributed by atoms with E-state index in [1.54, 1.807) is 0 Å². The fourth-order valence-corrected chi connectivity index (χ4v) is 2.61. The Balaban J connectivity index is 3.28. The lowest BCUT2D eigenvalue weighted by molar-refractivity contribution is 0.515. The second kappa shape index (κ2) is 2.54. The molecule has 0 atom stereocenters. The summed E-state index contributed by atoms with van der Waals surface area (Å²) < 4.78 is 42.8. The summed E-state index contributed by atoms with van der Waals surface area (Å²) in [6.45, 7) is 0. The Hall–Kier alpha value is -0.930. The average Bonchev–Trinajstić information content (AvgIpc) is 1.83. The molecule has 1 aliphatic rings. The molecule has 0 fully saturated rings. The zero-order valence-corrected chi connectivity index (χ0v) is 7.29. The van der Waals surface area contributed by atoms with Crippen LogP contribution in [0.25, 0.3) is 0 Å². The highest BCUT2D eigenvalue weighted by Crippen LogP contribution is 2.10. The molecule has 0 amide bonds. The smallest absolute Gasteiger partial charge is 0.209 e. The summed E-state index contributed by atoms with van der Waals surface area (Å²) in [7, 11) is -8.38. The molecule has 7 nitrogen and oxygen atoms in total. The number of hydrogen-bond acceptors (Lipinski definition) is 5. The van der Waals surface area contributed by atoms with Crippen LogP contribution in [0.3, 0.4) is 0 Å². The molecule has 0 aromatic heterocycles. The van der Waals surface area contributed by atoms with E-state index in [1.165, 1.54) is 0 Å². The third-order valence-electron chi connectivity index (χ3n) is 0.933. The van der Waals surface area contributed by atoms with Gasteiger partial charge in [-0.25, -0.2) is 5.14 Å². The van der Waals surface area contributed by atoms with Crippen molar-refractivity contribution < 1.29 is 16.8 Å². The van der Waals surface area contributed by atoms with Gasteiger partial charge in [0.25, 0.3) is 10.0 Å². The standard InChI is InChI=1S/C3H5N3O4S2/c4-12(9,10)6-5-2-1-3-11(6,7)8/h1-3H,(H2,4,9,10). The van der Waals surface area contributed by atoms with Gasteiger partial charge in [0, 0.05) is 0 Å². The zero-order valence-electron chi connectivity index (χ0n) is 5.65. The predicted octanol–water partition coefficient (Wildman–Crippen LogP) is -1.67. The van der Waals surface area contributed by atoms with Crippen molar-refractivity contribution in [2.75, 3.05) is 0 Å². The highest BCUT2D eigenvalue weighted by Gasteiger charge is 2.28. The summed E-state index contributed by atoms with van der Waals surface area (Å²) in [5, 5.41) is 8.32. The normalized spacial score (nSPS) is 21.2. The summed E-state index contributed by atoms with van der Waals surface area (Å²) in [4.78, 5) is 0. The highest BCUT2D eigenvalue weighted by molar-refractivity contribution is 8.04. The maximum Gasteiger partial charge on any atom is 0.328 e. The number of nitrogens with two attached hydrogens (primary N) is 1. The molecule has 68 valence electrons. The fraction of sp³-hybridized carbons (Fsp3) is 0. The highest BCUT2D eigenvalue weighted by atomic mass is 32.3. The lowest BCUT2D eigenvalue weighted by Gasteiger charge is -2.14. The first kappa shape index (κ1) is 9.16. The molecule has 0 spiro atoms. The van der Waals surface area contributed by atoms with Gasteiger partial charge in [-0.3, -0.25) is 0 Å². The van der Waals surface area contributed by atoms with Gasteiger partial charge in [-0.15, -0.1) is 0 Å². The minimum atomic E-state index is -4.34. The third-order valence-corrected chi connectivity index (χ3v) is 3.74. The van der Waals surface area contributed by atoms with Crippen molar-refractivity contribution >= 4 is 26.4 Å². The van der Waals surface area contributed by atoms with E-state index < -0.39 is 20.2 Å². The Bertz CT molecular complexity index is 430. The van der Waals surface area contributed by atoms with Crippen LogP contribution < -0.4 is 5.14 Å². The van der Waals surface area contributed by atoms with Crippen molar-refractivity contribution in [2.24, 2.45) is 10.2 Å². The number of sulfonamides is 1. The quantitative estimate of drug-likeness (QED) is 0.559. The maximum atomic E-state index is 10.9. The van der Waals surface area contributed by atoms with Crippen LogP contribution in [0.4, 0.5) is 0 Å². The van der Waals surface area contributed by atoms with Crippen LogP contribution >= 0.6 is 0 Å². The molecule has 0 aromatic carbocycles. The van der Waals surface area contributed by atoms with Crippen LogP contribution in [0.15, 0.2) is 16.6 Å². The van der Waals surface area contributed by atoms with Crippen molar-refractivity contribution in [2.45, 2.75) is 0 Å². The van der Waals surface area contributed by atoms with Gasteiger partial charge >= 0.3 is 10.2 Å². The molecule has 0 saturated heterocycles. The lowest BCUT2D eigenvalue weighted by atomic mass is 10.7. The molecule has 0 aromatic rings. The average molecular weight is 211 g/mol. The van der Waals surface area contributed by atoms with E-state index in [-0.39, 0.29) is 3.82 Å². The van der Waals surface area contributed by atoms with Gasteiger partial charge in [0.05, 0.1) is 11.6 Å². The molecule has 2 N–H and O–H groups in total. The monoisotopic (exact) mass is 211 g/mol. The second-order valence-electron chi connectivity index (χ2n) is 1.86. The van der Waals surface area contributed by atoms with Crippen molar-refractivity contribution in [1.29, 1.82) is 0 Å². The van der Waals surface area contributed by atoms with Gasteiger partial charge in [0.15, 0.2) is 0 Å². The zero-order chi connectivity index (χ0) is 9.41. The van der Waals surface area contributed by atoms with Crippen molar-refractivity contribution in [3.05, 3.63) is 11.5 Å². The van der Waals surface area contributed by atoms with E-state index in [0.717, 1.165) is 12.3 Å². The molecule has 1 rings (SSSR count). The van der Waals surface area contributed by atoms with E-state index in [4.69, 9.17) is 0 Å². The summed E-state index contributed by atoms with van der Waals surface area (Å²) in [6.07, 6.45) is 2.10. The van der Waals surface area contributed by atoms with Crippen molar-refractivity contribution in [3.63, 3.8) is 0 Å². The van der Waals surface area contributed by atoms with E-state index in [9.17, 15) is 16.8 Å². The molecule has 9 heteroatoms. The molecule has 0 aliphatic carbocycles. The molecular weight excluding hydrogens is 206 g/mol. The van der Waals surface area contributed by atoms with Gasteiger partial charge in [-0.05, 0) is 6.08 Å². The third kappa shape index (κ3) is 1.62. The van der Waals surface area contributed by atoms with Crippen LogP contribution in [-0.2, 0) is 20.2 Å². The lowest BCUT2D eigenvalue weighted by Crippen LogP contribution is -2.37. The van der Waals surface area contributed by atoms with Gasteiger partial charge in [0.2, 0.25) is 0 Å². The first-order valence-corrected chi connectivity index (χ1v) is 5.63. The van der Waals surface area contributed by atoms with E-state index in [1.807, 2.05) is 0 Å². The molecule has 0 radical (unpaired) electrons. The summed E-state index contributed by atoms with van der Waals surface area (Å²) >= 11 is 0. The molecule has 1 heterocycles. The molecule has 0 unspecified atom stereocenters. The van der Waals surface area contributed by atoms with Crippen LogP contribution in [0.1, 0.15) is 0 Å².